The van der Waals surface area contributed by atoms with Crippen LogP contribution >= 0.6 is 11.3 Å². The zero-order chi connectivity index (χ0) is 18.6. The van der Waals surface area contributed by atoms with E-state index in [1.54, 1.807) is 30.7 Å². The number of ether oxygens (including phenoxy) is 2. The fraction of sp³-hybridized carbons (Fsp3) is 0.375. The van der Waals surface area contributed by atoms with Gasteiger partial charge in [0.15, 0.2) is 0 Å². The van der Waals surface area contributed by atoms with E-state index in [0.717, 1.165) is 11.3 Å². The standard InChI is InChI=1S/C16H19N3O5S2/c1-23-8-9-24-13-5-4-12(11-17-13)18-15(20)16(6-7-16)19-26(21,22)14-3-2-10-25-14/h2-5,10-11,19H,6-9H2,1H3,(H,18,20). The lowest BCUT2D eigenvalue weighted by Gasteiger charge is -2.16. The van der Waals surface area contributed by atoms with Crippen LogP contribution < -0.4 is 14.8 Å². The molecule has 0 bridgehead atoms. The van der Waals surface area contributed by atoms with Crippen molar-refractivity contribution in [3.8, 4) is 5.88 Å². The number of carbonyl (C=O) groups excluding carboxylic acids is 1. The maximum atomic E-state index is 12.5. The van der Waals surface area contributed by atoms with Crippen molar-refractivity contribution in [1.82, 2.24) is 9.71 Å². The minimum atomic E-state index is -3.71. The fourth-order valence-corrected chi connectivity index (χ4v) is 4.66. The predicted octanol–water partition coefficient (Wildman–Crippen LogP) is 1.62. The van der Waals surface area contributed by atoms with E-state index in [4.69, 9.17) is 9.47 Å². The summed E-state index contributed by atoms with van der Waals surface area (Å²) in [6.45, 7) is 0.829. The number of hydrogen-bond donors (Lipinski definition) is 2. The van der Waals surface area contributed by atoms with Crippen LogP contribution in [-0.2, 0) is 19.6 Å². The van der Waals surface area contributed by atoms with E-state index in [1.807, 2.05) is 0 Å². The van der Waals surface area contributed by atoms with Crippen LogP contribution in [0.3, 0.4) is 0 Å². The van der Waals surface area contributed by atoms with Gasteiger partial charge < -0.3 is 14.8 Å². The monoisotopic (exact) mass is 397 g/mol. The molecule has 2 N–H and O–H groups in total. The van der Waals surface area contributed by atoms with E-state index in [2.05, 4.69) is 15.0 Å². The Morgan fingerprint density at radius 2 is 2.12 bits per heavy atom. The third kappa shape index (κ3) is 4.39. The lowest BCUT2D eigenvalue weighted by Crippen LogP contribution is -2.45. The number of aromatic nitrogens is 1. The van der Waals surface area contributed by atoms with E-state index in [0.29, 0.717) is 37.6 Å². The van der Waals surface area contributed by atoms with Crippen molar-refractivity contribution < 1.29 is 22.7 Å². The van der Waals surface area contributed by atoms with Crippen LogP contribution in [0, 0.1) is 0 Å². The first kappa shape index (κ1) is 18.8. The van der Waals surface area contributed by atoms with E-state index in [1.165, 1.54) is 12.3 Å². The summed E-state index contributed by atoms with van der Waals surface area (Å²) < 4.78 is 37.7. The Labute approximate surface area is 155 Å². The van der Waals surface area contributed by atoms with Gasteiger partial charge in [0.05, 0.1) is 18.5 Å². The second kappa shape index (κ2) is 7.70. The average Bonchev–Trinajstić information content (AvgIpc) is 3.17. The van der Waals surface area contributed by atoms with Gasteiger partial charge in [-0.05, 0) is 30.4 Å². The zero-order valence-corrected chi connectivity index (χ0v) is 15.7. The lowest BCUT2D eigenvalue weighted by molar-refractivity contribution is -0.118. The molecule has 10 heteroatoms. The van der Waals surface area contributed by atoms with Crippen LogP contribution in [0.1, 0.15) is 12.8 Å². The number of nitrogens with zero attached hydrogens (tertiary/aromatic N) is 1. The van der Waals surface area contributed by atoms with Gasteiger partial charge in [0.2, 0.25) is 11.8 Å². The number of rotatable bonds is 9. The number of thiophene rings is 1. The second-order valence-electron chi connectivity index (χ2n) is 5.80. The molecule has 2 heterocycles. The Kier molecular flexibility index (Phi) is 5.56. The molecule has 2 aromatic heterocycles. The van der Waals surface area contributed by atoms with Crippen molar-refractivity contribution in [2.45, 2.75) is 22.6 Å². The summed E-state index contributed by atoms with van der Waals surface area (Å²) >= 11 is 1.11. The molecule has 0 unspecified atom stereocenters. The number of carbonyl (C=O) groups is 1. The van der Waals surface area contributed by atoms with E-state index < -0.39 is 21.5 Å². The Bertz CT molecular complexity index is 847. The maximum Gasteiger partial charge on any atom is 0.251 e. The van der Waals surface area contributed by atoms with Crippen molar-refractivity contribution in [2.75, 3.05) is 25.6 Å². The Hall–Kier alpha value is -2.01. The highest BCUT2D eigenvalue weighted by atomic mass is 32.2. The van der Waals surface area contributed by atoms with Gasteiger partial charge >= 0.3 is 0 Å². The normalized spacial score (nSPS) is 15.4. The summed E-state index contributed by atoms with van der Waals surface area (Å²) in [5, 5.41) is 4.38. The van der Waals surface area contributed by atoms with Gasteiger partial charge in [0.1, 0.15) is 16.4 Å². The molecule has 1 aliphatic carbocycles. The van der Waals surface area contributed by atoms with Crippen molar-refractivity contribution in [3.05, 3.63) is 35.8 Å². The van der Waals surface area contributed by atoms with Gasteiger partial charge in [0, 0.05) is 13.2 Å². The van der Waals surface area contributed by atoms with Gasteiger partial charge in [-0.15, -0.1) is 11.3 Å². The number of hydrogen-bond acceptors (Lipinski definition) is 7. The van der Waals surface area contributed by atoms with Crippen molar-refractivity contribution in [1.29, 1.82) is 0 Å². The average molecular weight is 397 g/mol. The molecule has 1 fully saturated rings. The molecule has 140 valence electrons. The van der Waals surface area contributed by atoms with Crippen LogP contribution in [-0.4, -0.2) is 45.2 Å². The van der Waals surface area contributed by atoms with Gasteiger partial charge in [-0.1, -0.05) is 6.07 Å². The molecule has 0 radical (unpaired) electrons. The summed E-state index contributed by atoms with van der Waals surface area (Å²) in [7, 11) is -2.13. The molecular formula is C16H19N3O5S2. The topological polar surface area (TPSA) is 107 Å². The highest BCUT2D eigenvalue weighted by Crippen LogP contribution is 2.38. The maximum absolute atomic E-state index is 12.5. The van der Waals surface area contributed by atoms with E-state index in [-0.39, 0.29) is 4.21 Å². The van der Waals surface area contributed by atoms with Crippen LogP contribution in [0.25, 0.3) is 0 Å². The van der Waals surface area contributed by atoms with E-state index >= 15 is 0 Å². The van der Waals surface area contributed by atoms with Crippen LogP contribution in [0.2, 0.25) is 0 Å². The first-order valence-corrected chi connectivity index (χ1v) is 10.3. The second-order valence-corrected chi connectivity index (χ2v) is 8.66. The summed E-state index contributed by atoms with van der Waals surface area (Å²) in [4.78, 5) is 16.6. The molecular weight excluding hydrogens is 378 g/mol. The Morgan fingerprint density at radius 3 is 2.69 bits per heavy atom. The summed E-state index contributed by atoms with van der Waals surface area (Å²) in [6.07, 6.45) is 2.37. The van der Waals surface area contributed by atoms with Crippen LogP contribution in [0.4, 0.5) is 5.69 Å². The lowest BCUT2D eigenvalue weighted by atomic mass is 10.2. The van der Waals surface area contributed by atoms with Gasteiger partial charge in [0.25, 0.3) is 10.0 Å². The van der Waals surface area contributed by atoms with Crippen LogP contribution in [0.5, 0.6) is 5.88 Å². The molecule has 1 saturated carbocycles. The minimum absolute atomic E-state index is 0.191. The van der Waals surface area contributed by atoms with E-state index in [9.17, 15) is 13.2 Å². The molecule has 26 heavy (non-hydrogen) atoms. The summed E-state index contributed by atoms with van der Waals surface area (Å²) in [5.41, 5.74) is -0.633. The predicted molar refractivity (Wildman–Crippen MR) is 96.8 cm³/mol. The smallest absolute Gasteiger partial charge is 0.251 e. The zero-order valence-electron chi connectivity index (χ0n) is 14.1. The number of nitrogens with one attached hydrogen (secondary N) is 2. The SMILES string of the molecule is COCCOc1ccc(NC(=O)C2(NS(=O)(=O)c3cccs3)CC2)cn1. The first-order chi connectivity index (χ1) is 12.5. The van der Waals surface area contributed by atoms with Gasteiger partial charge in [-0.25, -0.2) is 13.4 Å². The van der Waals surface area contributed by atoms with Crippen molar-refractivity contribution >= 4 is 33.0 Å². The molecule has 3 rings (SSSR count). The largest absolute Gasteiger partial charge is 0.475 e. The highest BCUT2D eigenvalue weighted by molar-refractivity contribution is 7.91. The molecule has 2 aromatic rings. The highest BCUT2D eigenvalue weighted by Gasteiger charge is 2.53. The first-order valence-electron chi connectivity index (χ1n) is 7.92. The molecule has 0 aromatic carbocycles. The van der Waals surface area contributed by atoms with Gasteiger partial charge in [-0.2, -0.15) is 4.72 Å². The Morgan fingerprint density at radius 1 is 1.31 bits per heavy atom. The quantitative estimate of drug-likeness (QED) is 0.623. The van der Waals surface area contributed by atoms with Crippen molar-refractivity contribution in [3.63, 3.8) is 0 Å². The molecule has 1 aliphatic rings. The molecule has 1 amide bonds. The Balaban J connectivity index is 1.61. The molecule has 8 nitrogen and oxygen atoms in total. The summed E-state index contributed by atoms with van der Waals surface area (Å²) in [5.74, 6) is 0.0204. The van der Waals surface area contributed by atoms with Crippen molar-refractivity contribution in [2.24, 2.45) is 0 Å². The van der Waals surface area contributed by atoms with Crippen LogP contribution in [0.15, 0.2) is 40.1 Å². The summed E-state index contributed by atoms with van der Waals surface area (Å²) in [6, 6.07) is 6.44. The molecule has 0 aliphatic heterocycles. The molecule has 0 saturated heterocycles. The number of methoxy groups -OCH3 is 1. The van der Waals surface area contributed by atoms with Gasteiger partial charge in [-0.3, -0.25) is 4.79 Å². The molecule has 0 spiro atoms. The molecule has 0 atom stereocenters. The number of amides is 1. The number of sulfonamides is 1. The minimum Gasteiger partial charge on any atom is -0.475 e. The third-order valence-electron chi connectivity index (χ3n) is 3.81. The fourth-order valence-electron chi connectivity index (χ4n) is 2.24. The third-order valence-corrected chi connectivity index (χ3v) is 6.74. The number of pyridine rings is 1. The number of anilines is 1.